The molecule has 1 N–H and O–H groups in total. The highest BCUT2D eigenvalue weighted by molar-refractivity contribution is 6.34. The molecule has 1 aliphatic rings. The fraction of sp³-hybridized carbons (Fsp3) is 0.214. The molecule has 2 amide bonds. The number of hydrogen-bond donors (Lipinski definition) is 1. The molecule has 0 saturated carbocycles. The zero-order valence-electron chi connectivity index (χ0n) is 11.1. The van der Waals surface area contributed by atoms with E-state index in [1.165, 1.54) is 17.1 Å². The Bertz CT molecular complexity index is 684. The lowest BCUT2D eigenvalue weighted by molar-refractivity contribution is -0.117. The highest BCUT2D eigenvalue weighted by Crippen LogP contribution is 2.31. The first-order chi connectivity index (χ1) is 10.1. The summed E-state index contributed by atoms with van der Waals surface area (Å²) < 4.78 is 1.33. The van der Waals surface area contributed by atoms with Crippen molar-refractivity contribution in [3.05, 3.63) is 41.9 Å². The third-order valence-corrected chi connectivity index (χ3v) is 3.60. The van der Waals surface area contributed by atoms with Crippen molar-refractivity contribution in [3.63, 3.8) is 0 Å². The van der Waals surface area contributed by atoms with Crippen LogP contribution in [0.2, 0.25) is 5.02 Å². The number of carbonyl (C=O) groups is 2. The van der Waals surface area contributed by atoms with E-state index in [0.29, 0.717) is 29.4 Å². The van der Waals surface area contributed by atoms with Gasteiger partial charge in [0.1, 0.15) is 6.33 Å². The number of rotatable bonds is 2. The van der Waals surface area contributed by atoms with Crippen LogP contribution < -0.4 is 10.2 Å². The molecule has 1 fully saturated rings. The summed E-state index contributed by atoms with van der Waals surface area (Å²) >= 11 is 6.22. The summed E-state index contributed by atoms with van der Waals surface area (Å²) in [5.74, 6) is 0.0760. The van der Waals surface area contributed by atoms with Crippen LogP contribution in [0.5, 0.6) is 0 Å². The van der Waals surface area contributed by atoms with Crippen molar-refractivity contribution in [2.24, 2.45) is 0 Å². The van der Waals surface area contributed by atoms with Crippen LogP contribution in [-0.2, 0) is 4.79 Å². The van der Waals surface area contributed by atoms with Crippen LogP contribution in [-0.4, -0.2) is 28.0 Å². The third kappa shape index (κ3) is 2.75. The number of benzene rings is 1. The van der Waals surface area contributed by atoms with Gasteiger partial charge in [0.25, 0.3) is 0 Å². The Labute approximate surface area is 126 Å². The van der Waals surface area contributed by atoms with Gasteiger partial charge in [-0.15, -0.1) is 0 Å². The second-order valence-corrected chi connectivity index (χ2v) is 5.12. The maximum absolute atomic E-state index is 11.9. The topological polar surface area (TPSA) is 67.2 Å². The van der Waals surface area contributed by atoms with E-state index < -0.39 is 0 Å². The number of nitrogens with zero attached hydrogens (tertiary/aromatic N) is 3. The van der Waals surface area contributed by atoms with E-state index in [9.17, 15) is 9.59 Å². The third-order valence-electron chi connectivity index (χ3n) is 3.30. The van der Waals surface area contributed by atoms with E-state index in [1.54, 1.807) is 29.3 Å². The highest BCUT2D eigenvalue weighted by atomic mass is 35.5. The first kappa shape index (κ1) is 13.6. The van der Waals surface area contributed by atoms with Crippen LogP contribution in [0, 0.1) is 0 Å². The van der Waals surface area contributed by atoms with Gasteiger partial charge in [-0.2, -0.15) is 0 Å². The van der Waals surface area contributed by atoms with E-state index in [4.69, 9.17) is 11.6 Å². The minimum atomic E-state index is -0.325. The molecule has 1 saturated heterocycles. The number of anilines is 2. The molecule has 3 rings (SSSR count). The normalized spacial score (nSPS) is 14.5. The predicted molar refractivity (Wildman–Crippen MR) is 79.7 cm³/mol. The number of nitrogens with one attached hydrogen (secondary N) is 1. The first-order valence-electron chi connectivity index (χ1n) is 6.54. The summed E-state index contributed by atoms with van der Waals surface area (Å²) in [5, 5.41) is 3.15. The van der Waals surface area contributed by atoms with Gasteiger partial charge in [-0.05, 0) is 24.6 Å². The van der Waals surface area contributed by atoms with Crippen molar-refractivity contribution in [2.45, 2.75) is 12.8 Å². The lowest BCUT2D eigenvalue weighted by Gasteiger charge is -2.18. The maximum Gasteiger partial charge on any atom is 0.331 e. The first-order valence-corrected chi connectivity index (χ1v) is 6.92. The average Bonchev–Trinajstić information content (AvgIpc) is 3.10. The molecule has 108 valence electrons. The number of hydrogen-bond acceptors (Lipinski definition) is 3. The summed E-state index contributed by atoms with van der Waals surface area (Å²) in [6.07, 6.45) is 5.88. The van der Waals surface area contributed by atoms with Gasteiger partial charge in [0.05, 0.1) is 10.7 Å². The molecule has 21 heavy (non-hydrogen) atoms. The molecule has 0 spiro atoms. The quantitative estimate of drug-likeness (QED) is 0.927. The molecule has 0 bridgehead atoms. The largest absolute Gasteiger partial charge is 0.331 e. The number of amides is 2. The molecule has 1 aliphatic heterocycles. The van der Waals surface area contributed by atoms with Crippen molar-refractivity contribution in [1.29, 1.82) is 0 Å². The SMILES string of the molecule is O=C1CCCN1c1ccc(NC(=O)n2ccnc2)cc1Cl. The average molecular weight is 305 g/mol. The molecule has 0 unspecified atom stereocenters. The summed E-state index contributed by atoms with van der Waals surface area (Å²) in [5.41, 5.74) is 1.24. The van der Waals surface area contributed by atoms with Crippen molar-refractivity contribution in [2.75, 3.05) is 16.8 Å². The maximum atomic E-state index is 11.9. The van der Waals surface area contributed by atoms with E-state index in [-0.39, 0.29) is 11.9 Å². The number of imidazole rings is 1. The molecule has 7 heteroatoms. The Morgan fingerprint density at radius 2 is 2.24 bits per heavy atom. The van der Waals surface area contributed by atoms with Crippen LogP contribution in [0.15, 0.2) is 36.9 Å². The molecule has 1 aromatic carbocycles. The standard InChI is InChI=1S/C14H13ClN4O2/c15-11-8-10(17-14(21)18-7-5-16-9-18)3-4-12(11)19-6-1-2-13(19)20/h3-5,7-9H,1-2,6H2,(H,17,21). The lowest BCUT2D eigenvalue weighted by atomic mass is 10.2. The molecule has 0 atom stereocenters. The molecular weight excluding hydrogens is 292 g/mol. The second kappa shape index (κ2) is 5.57. The molecule has 0 radical (unpaired) electrons. The minimum absolute atomic E-state index is 0.0760. The van der Waals surface area contributed by atoms with Crippen LogP contribution >= 0.6 is 11.6 Å². The number of aromatic nitrogens is 2. The van der Waals surface area contributed by atoms with Crippen LogP contribution in [0.3, 0.4) is 0 Å². The molecular formula is C14H13ClN4O2. The van der Waals surface area contributed by atoms with Gasteiger partial charge in [0, 0.05) is 31.0 Å². The summed E-state index contributed by atoms with van der Waals surface area (Å²) in [4.78, 5) is 29.1. The Balaban J connectivity index is 1.78. The zero-order valence-corrected chi connectivity index (χ0v) is 11.9. The van der Waals surface area contributed by atoms with Crippen molar-refractivity contribution in [3.8, 4) is 0 Å². The summed E-state index contributed by atoms with van der Waals surface area (Å²) in [6, 6.07) is 4.78. The summed E-state index contributed by atoms with van der Waals surface area (Å²) in [6.45, 7) is 0.680. The van der Waals surface area contributed by atoms with Gasteiger partial charge < -0.3 is 10.2 Å². The van der Waals surface area contributed by atoms with Crippen molar-refractivity contribution < 1.29 is 9.59 Å². The number of carbonyl (C=O) groups excluding carboxylic acids is 2. The number of halogens is 1. The Hall–Kier alpha value is -2.34. The van der Waals surface area contributed by atoms with Gasteiger partial charge in [0.15, 0.2) is 0 Å². The summed E-state index contributed by atoms with van der Waals surface area (Å²) in [7, 11) is 0. The van der Waals surface area contributed by atoms with Gasteiger partial charge in [-0.3, -0.25) is 9.36 Å². The minimum Gasteiger partial charge on any atom is -0.311 e. The molecule has 6 nitrogen and oxygen atoms in total. The van der Waals surface area contributed by atoms with E-state index in [0.717, 1.165) is 6.42 Å². The zero-order chi connectivity index (χ0) is 14.8. The molecule has 2 heterocycles. The molecule has 2 aromatic rings. The Kier molecular flexibility index (Phi) is 3.62. The van der Waals surface area contributed by atoms with Crippen molar-refractivity contribution in [1.82, 2.24) is 9.55 Å². The fourth-order valence-electron chi connectivity index (χ4n) is 2.27. The van der Waals surface area contributed by atoms with E-state index in [2.05, 4.69) is 10.3 Å². The second-order valence-electron chi connectivity index (χ2n) is 4.72. The van der Waals surface area contributed by atoms with Gasteiger partial charge in [-0.25, -0.2) is 9.78 Å². The van der Waals surface area contributed by atoms with Crippen LogP contribution in [0.4, 0.5) is 16.2 Å². The van der Waals surface area contributed by atoms with Crippen molar-refractivity contribution >= 4 is 34.9 Å². The van der Waals surface area contributed by atoms with E-state index >= 15 is 0 Å². The predicted octanol–water partition coefficient (Wildman–Crippen LogP) is 2.74. The lowest BCUT2D eigenvalue weighted by Crippen LogP contribution is -2.24. The van der Waals surface area contributed by atoms with Gasteiger partial charge in [0.2, 0.25) is 5.91 Å². The van der Waals surface area contributed by atoms with Gasteiger partial charge >= 0.3 is 6.03 Å². The Morgan fingerprint density at radius 1 is 1.38 bits per heavy atom. The molecule has 0 aliphatic carbocycles. The highest BCUT2D eigenvalue weighted by Gasteiger charge is 2.23. The molecule has 1 aromatic heterocycles. The van der Waals surface area contributed by atoms with Crippen LogP contribution in [0.25, 0.3) is 0 Å². The van der Waals surface area contributed by atoms with Gasteiger partial charge in [-0.1, -0.05) is 11.6 Å². The smallest absolute Gasteiger partial charge is 0.311 e. The fourth-order valence-corrected chi connectivity index (χ4v) is 2.56. The monoisotopic (exact) mass is 304 g/mol. The van der Waals surface area contributed by atoms with E-state index in [1.807, 2.05) is 0 Å². The van der Waals surface area contributed by atoms with Crippen LogP contribution in [0.1, 0.15) is 12.8 Å². The Morgan fingerprint density at radius 3 is 2.86 bits per heavy atom.